The van der Waals surface area contributed by atoms with E-state index in [1.807, 2.05) is 0 Å². The number of hydrogen-bond donors (Lipinski definition) is 0. The second-order valence-corrected chi connectivity index (χ2v) is 9.37. The van der Waals surface area contributed by atoms with E-state index in [-0.39, 0.29) is 0 Å². The van der Waals surface area contributed by atoms with E-state index >= 15 is 0 Å². The van der Waals surface area contributed by atoms with Crippen molar-refractivity contribution in [2.75, 3.05) is 19.6 Å². The number of rotatable bonds is 6. The topological polar surface area (TPSA) is 3.24 Å². The zero-order valence-electron chi connectivity index (χ0n) is 16.5. The van der Waals surface area contributed by atoms with Gasteiger partial charge in [0, 0.05) is 23.5 Å². The summed E-state index contributed by atoms with van der Waals surface area (Å²) in [6, 6.07) is 19.7. The maximum atomic E-state index is 6.12. The van der Waals surface area contributed by atoms with Gasteiger partial charge in [0.2, 0.25) is 0 Å². The van der Waals surface area contributed by atoms with Gasteiger partial charge in [-0.2, -0.15) is 0 Å². The van der Waals surface area contributed by atoms with Gasteiger partial charge in [-0.25, -0.2) is 0 Å². The third-order valence-electron chi connectivity index (χ3n) is 6.95. The zero-order chi connectivity index (χ0) is 18.7. The van der Waals surface area contributed by atoms with E-state index in [2.05, 4.69) is 66.4 Å². The van der Waals surface area contributed by atoms with Crippen LogP contribution in [-0.4, -0.2) is 24.5 Å². The van der Waals surface area contributed by atoms with Gasteiger partial charge in [-0.05, 0) is 73.7 Å². The fourth-order valence-electron chi connectivity index (χ4n) is 5.28. The lowest BCUT2D eigenvalue weighted by atomic mass is 9.64. The molecular formula is C25H32ClN. The van der Waals surface area contributed by atoms with Crippen LogP contribution in [-0.2, 0) is 5.41 Å². The number of piperidine rings is 1. The molecule has 0 aromatic heterocycles. The van der Waals surface area contributed by atoms with Gasteiger partial charge in [-0.1, -0.05) is 67.4 Å². The van der Waals surface area contributed by atoms with E-state index in [1.165, 1.54) is 69.3 Å². The van der Waals surface area contributed by atoms with Crippen molar-refractivity contribution in [2.24, 2.45) is 5.92 Å². The van der Waals surface area contributed by atoms with Gasteiger partial charge >= 0.3 is 0 Å². The highest BCUT2D eigenvalue weighted by atomic mass is 35.5. The Kier molecular flexibility index (Phi) is 5.90. The molecule has 4 rings (SSSR count). The van der Waals surface area contributed by atoms with Crippen LogP contribution in [0.4, 0.5) is 0 Å². The quantitative estimate of drug-likeness (QED) is 0.540. The molecule has 1 unspecified atom stereocenters. The SMILES string of the molecule is CC(C[C@H]1CCCN(CC2(c3ccc(Cl)cc3)CCC2)C1)c1ccccc1. The first-order valence-electron chi connectivity index (χ1n) is 10.7. The molecule has 2 fully saturated rings. The lowest BCUT2D eigenvalue weighted by molar-refractivity contribution is 0.0951. The maximum Gasteiger partial charge on any atom is 0.0406 e. The summed E-state index contributed by atoms with van der Waals surface area (Å²) in [5.74, 6) is 1.49. The van der Waals surface area contributed by atoms with Crippen LogP contribution in [0, 0.1) is 5.92 Å². The van der Waals surface area contributed by atoms with E-state index in [1.54, 1.807) is 0 Å². The van der Waals surface area contributed by atoms with Crippen molar-refractivity contribution >= 4 is 11.6 Å². The van der Waals surface area contributed by atoms with Crippen molar-refractivity contribution in [3.8, 4) is 0 Å². The predicted octanol–water partition coefficient (Wildman–Crippen LogP) is 6.67. The lowest BCUT2D eigenvalue weighted by Gasteiger charge is -2.47. The summed E-state index contributed by atoms with van der Waals surface area (Å²) in [6.45, 7) is 6.17. The minimum Gasteiger partial charge on any atom is -0.302 e. The summed E-state index contributed by atoms with van der Waals surface area (Å²) >= 11 is 6.12. The summed E-state index contributed by atoms with van der Waals surface area (Å²) < 4.78 is 0. The number of likely N-dealkylation sites (tertiary alicyclic amines) is 1. The largest absolute Gasteiger partial charge is 0.302 e. The van der Waals surface area contributed by atoms with E-state index in [4.69, 9.17) is 11.6 Å². The molecule has 1 nitrogen and oxygen atoms in total. The van der Waals surface area contributed by atoms with Crippen molar-refractivity contribution in [1.82, 2.24) is 4.90 Å². The van der Waals surface area contributed by atoms with Gasteiger partial charge in [0.1, 0.15) is 0 Å². The molecule has 144 valence electrons. The molecule has 1 saturated carbocycles. The van der Waals surface area contributed by atoms with E-state index in [9.17, 15) is 0 Å². The number of hydrogen-bond acceptors (Lipinski definition) is 1. The molecule has 27 heavy (non-hydrogen) atoms. The minimum atomic E-state index is 0.373. The Labute approximate surface area is 169 Å². The Bertz CT molecular complexity index is 720. The van der Waals surface area contributed by atoms with Crippen molar-refractivity contribution in [1.29, 1.82) is 0 Å². The predicted molar refractivity (Wildman–Crippen MR) is 116 cm³/mol. The first-order chi connectivity index (χ1) is 13.1. The van der Waals surface area contributed by atoms with Gasteiger partial charge in [0.05, 0.1) is 0 Å². The molecule has 2 aromatic rings. The average molecular weight is 382 g/mol. The third-order valence-corrected chi connectivity index (χ3v) is 7.20. The van der Waals surface area contributed by atoms with Gasteiger partial charge in [0.15, 0.2) is 0 Å². The molecule has 0 amide bonds. The van der Waals surface area contributed by atoms with E-state index < -0.39 is 0 Å². The van der Waals surface area contributed by atoms with Crippen molar-refractivity contribution in [3.63, 3.8) is 0 Å². The fourth-order valence-corrected chi connectivity index (χ4v) is 5.40. The highest BCUT2D eigenvalue weighted by molar-refractivity contribution is 6.30. The zero-order valence-corrected chi connectivity index (χ0v) is 17.3. The highest BCUT2D eigenvalue weighted by Gasteiger charge is 2.40. The summed E-state index contributed by atoms with van der Waals surface area (Å²) in [5, 5.41) is 0.848. The summed E-state index contributed by atoms with van der Waals surface area (Å²) in [5.41, 5.74) is 3.36. The molecule has 0 N–H and O–H groups in total. The van der Waals surface area contributed by atoms with Gasteiger partial charge in [-0.15, -0.1) is 0 Å². The summed E-state index contributed by atoms with van der Waals surface area (Å²) in [6.07, 6.45) is 8.08. The molecule has 0 bridgehead atoms. The van der Waals surface area contributed by atoms with Gasteiger partial charge in [-0.3, -0.25) is 0 Å². The van der Waals surface area contributed by atoms with Crippen LogP contribution < -0.4 is 0 Å². The normalized spacial score (nSPS) is 23.6. The Hall–Kier alpha value is -1.31. The summed E-state index contributed by atoms with van der Waals surface area (Å²) in [4.78, 5) is 2.76. The van der Waals surface area contributed by atoms with Crippen LogP contribution >= 0.6 is 11.6 Å². The van der Waals surface area contributed by atoms with Crippen LogP contribution in [0.2, 0.25) is 5.02 Å². The Morgan fingerprint density at radius 3 is 2.44 bits per heavy atom. The second kappa shape index (κ2) is 8.37. The number of nitrogens with zero attached hydrogens (tertiary/aromatic N) is 1. The molecule has 2 atom stereocenters. The van der Waals surface area contributed by atoms with Crippen LogP contribution in [0.1, 0.15) is 62.5 Å². The molecule has 1 heterocycles. The lowest BCUT2D eigenvalue weighted by Crippen LogP contribution is -2.48. The Morgan fingerprint density at radius 2 is 1.78 bits per heavy atom. The Morgan fingerprint density at radius 1 is 1.04 bits per heavy atom. The Balaban J connectivity index is 1.38. The first kappa shape index (κ1) is 19.0. The molecular weight excluding hydrogens is 350 g/mol. The number of halogens is 1. The number of benzene rings is 2. The highest BCUT2D eigenvalue weighted by Crippen LogP contribution is 2.45. The molecule has 0 radical (unpaired) electrons. The van der Waals surface area contributed by atoms with Crippen LogP contribution in [0.25, 0.3) is 0 Å². The van der Waals surface area contributed by atoms with Crippen LogP contribution in [0.3, 0.4) is 0 Å². The molecule has 0 spiro atoms. The third kappa shape index (κ3) is 4.41. The molecule has 2 aliphatic rings. The van der Waals surface area contributed by atoms with Crippen LogP contribution in [0.5, 0.6) is 0 Å². The second-order valence-electron chi connectivity index (χ2n) is 8.93. The monoisotopic (exact) mass is 381 g/mol. The average Bonchev–Trinajstić information content (AvgIpc) is 2.66. The molecule has 1 aliphatic heterocycles. The standard InChI is InChI=1S/C25H32ClN/c1-20(22-8-3-2-4-9-22)17-21-7-5-16-27(18-21)19-25(14-6-15-25)23-10-12-24(26)13-11-23/h2-4,8-13,20-21H,5-7,14-19H2,1H3/t20?,21-/m1/s1. The molecule has 2 heteroatoms. The minimum absolute atomic E-state index is 0.373. The maximum absolute atomic E-state index is 6.12. The smallest absolute Gasteiger partial charge is 0.0406 e. The fraction of sp³-hybridized carbons (Fsp3) is 0.520. The summed E-state index contributed by atoms with van der Waals surface area (Å²) in [7, 11) is 0. The van der Waals surface area contributed by atoms with Gasteiger partial charge in [0.25, 0.3) is 0 Å². The molecule has 1 saturated heterocycles. The molecule has 1 aliphatic carbocycles. The first-order valence-corrected chi connectivity index (χ1v) is 11.1. The van der Waals surface area contributed by atoms with Crippen molar-refractivity contribution < 1.29 is 0 Å². The van der Waals surface area contributed by atoms with Crippen molar-refractivity contribution in [2.45, 2.75) is 56.8 Å². The van der Waals surface area contributed by atoms with Gasteiger partial charge < -0.3 is 4.90 Å². The van der Waals surface area contributed by atoms with E-state index in [0.717, 1.165) is 10.9 Å². The van der Waals surface area contributed by atoms with Crippen LogP contribution in [0.15, 0.2) is 54.6 Å². The van der Waals surface area contributed by atoms with Crippen molar-refractivity contribution in [3.05, 3.63) is 70.7 Å². The molecule has 2 aromatic carbocycles. The van der Waals surface area contributed by atoms with E-state index in [0.29, 0.717) is 11.3 Å².